The molecule has 10 heteroatoms. The van der Waals surface area contributed by atoms with Crippen molar-refractivity contribution in [2.24, 2.45) is 11.5 Å². The molecule has 0 spiro atoms. The first kappa shape index (κ1) is 17.9. The minimum absolute atomic E-state index is 0.0204. The minimum Gasteiger partial charge on any atom is -0.397 e. The maximum atomic E-state index is 11.6. The van der Waals surface area contributed by atoms with Crippen LogP contribution in [0, 0.1) is 0 Å². The lowest BCUT2D eigenvalue weighted by atomic mass is 10.1. The first-order chi connectivity index (χ1) is 11.0. The van der Waals surface area contributed by atoms with E-state index in [4.69, 9.17) is 11.5 Å². The van der Waals surface area contributed by atoms with Crippen molar-refractivity contribution in [3.05, 3.63) is 59.7 Å². The molecule has 2 aromatic carbocycles. The molecule has 24 heavy (non-hydrogen) atoms. The standard InChI is InChI=1S/C14H14N2O6S2/c15-12(9-5-2-1-3-6-9)13(16)10-7-4-8-11(23(17,18)19)14(10)24(20,21)22/h1-8H,15-16H2,(H,17,18,19)(H,20,21,22). The number of hydrogen-bond donors (Lipinski definition) is 4. The molecule has 0 aromatic heterocycles. The Balaban J connectivity index is 2.86. The second-order valence-corrected chi connectivity index (χ2v) is 7.52. The highest BCUT2D eigenvalue weighted by molar-refractivity contribution is 7.89. The molecular formula is C14H14N2O6S2. The van der Waals surface area contributed by atoms with Crippen molar-refractivity contribution in [1.82, 2.24) is 0 Å². The molecule has 0 amide bonds. The lowest BCUT2D eigenvalue weighted by Gasteiger charge is -2.13. The van der Waals surface area contributed by atoms with E-state index in [1.165, 1.54) is 6.07 Å². The fourth-order valence-corrected chi connectivity index (χ4v) is 4.12. The van der Waals surface area contributed by atoms with Gasteiger partial charge in [0.05, 0.1) is 11.4 Å². The van der Waals surface area contributed by atoms with Crippen LogP contribution >= 0.6 is 0 Å². The van der Waals surface area contributed by atoms with E-state index in [-0.39, 0.29) is 17.0 Å². The number of nitrogens with two attached hydrogens (primary N) is 2. The summed E-state index contributed by atoms with van der Waals surface area (Å²) in [6.07, 6.45) is 0. The zero-order valence-electron chi connectivity index (χ0n) is 12.1. The van der Waals surface area contributed by atoms with Crippen LogP contribution in [0.2, 0.25) is 0 Å². The highest BCUT2D eigenvalue weighted by Crippen LogP contribution is 2.30. The second kappa shape index (κ2) is 6.24. The molecule has 0 aliphatic rings. The van der Waals surface area contributed by atoms with Crippen molar-refractivity contribution in [3.63, 3.8) is 0 Å². The molecule has 0 aliphatic heterocycles. The Kier molecular flexibility index (Phi) is 4.67. The molecule has 0 saturated carbocycles. The predicted octanol–water partition coefficient (Wildman–Crippen LogP) is 0.923. The van der Waals surface area contributed by atoms with Crippen molar-refractivity contribution in [2.45, 2.75) is 9.79 Å². The highest BCUT2D eigenvalue weighted by Gasteiger charge is 2.28. The van der Waals surface area contributed by atoms with Crippen LogP contribution in [0.4, 0.5) is 0 Å². The van der Waals surface area contributed by atoms with Crippen molar-refractivity contribution < 1.29 is 25.9 Å². The van der Waals surface area contributed by atoms with E-state index in [1.54, 1.807) is 30.3 Å². The van der Waals surface area contributed by atoms with Crippen LogP contribution in [0.15, 0.2) is 58.3 Å². The smallest absolute Gasteiger partial charge is 0.296 e. The van der Waals surface area contributed by atoms with Gasteiger partial charge < -0.3 is 11.5 Å². The van der Waals surface area contributed by atoms with Gasteiger partial charge in [0.1, 0.15) is 9.79 Å². The molecule has 0 fully saturated rings. The monoisotopic (exact) mass is 370 g/mol. The van der Waals surface area contributed by atoms with Crippen molar-refractivity contribution in [1.29, 1.82) is 0 Å². The Hall–Kier alpha value is -2.40. The van der Waals surface area contributed by atoms with Crippen LogP contribution in [-0.4, -0.2) is 25.9 Å². The van der Waals surface area contributed by atoms with E-state index in [9.17, 15) is 25.9 Å². The normalized spacial score (nSPS) is 13.4. The summed E-state index contributed by atoms with van der Waals surface area (Å²) in [5.74, 6) is 0. The Labute approximate surface area is 138 Å². The quantitative estimate of drug-likeness (QED) is 0.456. The van der Waals surface area contributed by atoms with Gasteiger partial charge in [0.15, 0.2) is 0 Å². The van der Waals surface area contributed by atoms with Gasteiger partial charge in [-0.3, -0.25) is 9.11 Å². The lowest BCUT2D eigenvalue weighted by Crippen LogP contribution is -2.15. The summed E-state index contributed by atoms with van der Waals surface area (Å²) < 4.78 is 64.7. The first-order valence-electron chi connectivity index (χ1n) is 6.42. The summed E-state index contributed by atoms with van der Waals surface area (Å²) in [5.41, 5.74) is 11.6. The van der Waals surface area contributed by atoms with Crippen LogP contribution in [-0.2, 0) is 20.2 Å². The van der Waals surface area contributed by atoms with Gasteiger partial charge in [-0.05, 0) is 11.6 Å². The first-order valence-corrected chi connectivity index (χ1v) is 9.30. The van der Waals surface area contributed by atoms with E-state index in [0.29, 0.717) is 5.56 Å². The van der Waals surface area contributed by atoms with Crippen LogP contribution in [0.3, 0.4) is 0 Å². The molecule has 0 heterocycles. The molecule has 0 bridgehead atoms. The average molecular weight is 370 g/mol. The third kappa shape index (κ3) is 3.57. The molecular weight excluding hydrogens is 356 g/mol. The van der Waals surface area contributed by atoms with Gasteiger partial charge in [-0.2, -0.15) is 16.8 Å². The Morgan fingerprint density at radius 2 is 1.33 bits per heavy atom. The zero-order chi connectivity index (χ0) is 18.1. The molecule has 6 N–H and O–H groups in total. The maximum Gasteiger partial charge on any atom is 0.296 e. The van der Waals surface area contributed by atoms with Gasteiger partial charge in [0.25, 0.3) is 20.2 Å². The molecule has 0 atom stereocenters. The van der Waals surface area contributed by atoms with Crippen LogP contribution in [0.1, 0.15) is 11.1 Å². The topological polar surface area (TPSA) is 161 Å². The van der Waals surface area contributed by atoms with Gasteiger partial charge in [0, 0.05) is 5.56 Å². The van der Waals surface area contributed by atoms with Crippen LogP contribution in [0.5, 0.6) is 0 Å². The Morgan fingerprint density at radius 1 is 0.750 bits per heavy atom. The van der Waals surface area contributed by atoms with E-state index < -0.39 is 30.0 Å². The van der Waals surface area contributed by atoms with E-state index >= 15 is 0 Å². The Bertz CT molecular complexity index is 1010. The molecule has 0 saturated heterocycles. The number of benzene rings is 2. The van der Waals surface area contributed by atoms with Gasteiger partial charge in [-0.1, -0.05) is 42.5 Å². The van der Waals surface area contributed by atoms with Crippen LogP contribution in [0.25, 0.3) is 11.4 Å². The molecule has 0 aliphatic carbocycles. The molecule has 8 nitrogen and oxygen atoms in total. The predicted molar refractivity (Wildman–Crippen MR) is 87.7 cm³/mol. The maximum absolute atomic E-state index is 11.6. The SMILES string of the molecule is NC(=C(N)c1cccc(S(=O)(=O)O)c1S(=O)(=O)O)c1ccccc1. The molecule has 128 valence electrons. The van der Waals surface area contributed by atoms with Gasteiger partial charge in [0.2, 0.25) is 0 Å². The molecule has 2 rings (SSSR count). The summed E-state index contributed by atoms with van der Waals surface area (Å²) in [5, 5.41) is 0. The van der Waals surface area contributed by atoms with Crippen LogP contribution < -0.4 is 11.5 Å². The highest BCUT2D eigenvalue weighted by atomic mass is 32.2. The second-order valence-electron chi connectivity index (χ2n) is 4.78. The summed E-state index contributed by atoms with van der Waals surface area (Å²) >= 11 is 0. The van der Waals surface area contributed by atoms with Crippen molar-refractivity contribution in [3.8, 4) is 0 Å². The average Bonchev–Trinajstić information content (AvgIpc) is 2.52. The summed E-state index contributed by atoms with van der Waals surface area (Å²) in [6.45, 7) is 0. The fraction of sp³-hybridized carbons (Fsp3) is 0. The largest absolute Gasteiger partial charge is 0.397 e. The third-order valence-corrected chi connectivity index (χ3v) is 5.16. The van der Waals surface area contributed by atoms with E-state index in [2.05, 4.69) is 0 Å². The summed E-state index contributed by atoms with van der Waals surface area (Å²) in [7, 11) is -9.94. The van der Waals surface area contributed by atoms with Gasteiger partial charge >= 0.3 is 0 Å². The Morgan fingerprint density at radius 3 is 1.83 bits per heavy atom. The minimum atomic E-state index is -5.02. The molecule has 0 radical (unpaired) electrons. The van der Waals surface area contributed by atoms with Crippen molar-refractivity contribution in [2.75, 3.05) is 0 Å². The van der Waals surface area contributed by atoms with Gasteiger partial charge in [-0.15, -0.1) is 0 Å². The lowest BCUT2D eigenvalue weighted by molar-refractivity contribution is 0.466. The molecule has 0 unspecified atom stereocenters. The summed E-state index contributed by atoms with van der Waals surface area (Å²) in [4.78, 5) is -2.03. The zero-order valence-corrected chi connectivity index (χ0v) is 13.8. The van der Waals surface area contributed by atoms with Crippen molar-refractivity contribution >= 4 is 31.6 Å². The van der Waals surface area contributed by atoms with E-state index in [0.717, 1.165) is 12.1 Å². The van der Waals surface area contributed by atoms with E-state index in [1.807, 2.05) is 0 Å². The third-order valence-electron chi connectivity index (χ3n) is 3.18. The number of rotatable bonds is 4. The van der Waals surface area contributed by atoms with Gasteiger partial charge in [-0.25, -0.2) is 0 Å². The molecule has 2 aromatic rings. The number of hydrogen-bond acceptors (Lipinski definition) is 6. The fourth-order valence-electron chi connectivity index (χ4n) is 2.12. The summed E-state index contributed by atoms with van der Waals surface area (Å²) in [6, 6.07) is 11.5.